The van der Waals surface area contributed by atoms with E-state index in [1.807, 2.05) is 6.07 Å². The largest absolute Gasteiger partial charge is 0.382 e. The number of anilines is 1. The Kier molecular flexibility index (Phi) is 1.45. The van der Waals surface area contributed by atoms with Crippen LogP contribution in [0.4, 0.5) is 5.82 Å². The molecule has 2 aromatic rings. The zero-order valence-corrected chi connectivity index (χ0v) is 7.64. The van der Waals surface area contributed by atoms with Crippen LogP contribution in [-0.4, -0.2) is 15.0 Å². The van der Waals surface area contributed by atoms with Crippen LogP contribution in [0.3, 0.4) is 0 Å². The lowest BCUT2D eigenvalue weighted by Gasteiger charge is -2.03. The van der Waals surface area contributed by atoms with Crippen LogP contribution in [0.5, 0.6) is 0 Å². The molecule has 0 amide bonds. The lowest BCUT2D eigenvalue weighted by Crippen LogP contribution is -1.97. The molecule has 1 aliphatic carbocycles. The summed E-state index contributed by atoms with van der Waals surface area (Å²) in [5.74, 6) is 1.13. The minimum Gasteiger partial charge on any atom is -0.382 e. The van der Waals surface area contributed by atoms with Crippen molar-refractivity contribution in [1.29, 1.82) is 0 Å². The summed E-state index contributed by atoms with van der Waals surface area (Å²) < 4.78 is 0. The molecule has 1 saturated carbocycles. The van der Waals surface area contributed by atoms with Gasteiger partial charge in [-0.2, -0.15) is 0 Å². The van der Waals surface area contributed by atoms with Crippen LogP contribution >= 0.6 is 0 Å². The Morgan fingerprint density at radius 2 is 2.00 bits per heavy atom. The Morgan fingerprint density at radius 1 is 1.14 bits per heavy atom. The van der Waals surface area contributed by atoms with E-state index in [-0.39, 0.29) is 0 Å². The number of rotatable bonds is 1. The first-order valence-corrected chi connectivity index (χ1v) is 4.71. The van der Waals surface area contributed by atoms with Gasteiger partial charge in [0.25, 0.3) is 0 Å². The van der Waals surface area contributed by atoms with Crippen molar-refractivity contribution in [2.75, 3.05) is 5.73 Å². The molecule has 0 spiro atoms. The minimum absolute atomic E-state index is 0.470. The fourth-order valence-electron chi connectivity index (χ4n) is 1.73. The van der Waals surface area contributed by atoms with Crippen LogP contribution in [0, 0.1) is 0 Å². The molecule has 1 fully saturated rings. The molecule has 0 saturated heterocycles. The number of fused-ring (bicyclic) bond motifs is 1. The van der Waals surface area contributed by atoms with Crippen molar-refractivity contribution in [1.82, 2.24) is 15.0 Å². The molecule has 4 nitrogen and oxygen atoms in total. The summed E-state index contributed by atoms with van der Waals surface area (Å²) in [6.45, 7) is 0. The maximum Gasteiger partial charge on any atom is 0.153 e. The van der Waals surface area contributed by atoms with Crippen molar-refractivity contribution in [2.45, 2.75) is 18.8 Å². The number of nitrogens with two attached hydrogens (primary N) is 1. The first kappa shape index (κ1) is 7.67. The van der Waals surface area contributed by atoms with Crippen molar-refractivity contribution in [3.63, 3.8) is 0 Å². The number of aromatic nitrogens is 3. The molecule has 1 aliphatic rings. The Morgan fingerprint density at radius 3 is 2.79 bits per heavy atom. The lowest BCUT2D eigenvalue weighted by atomic mass is 10.1. The van der Waals surface area contributed by atoms with Crippen molar-refractivity contribution in [3.8, 4) is 0 Å². The summed E-state index contributed by atoms with van der Waals surface area (Å²) in [6, 6.07) is 2.03. The van der Waals surface area contributed by atoms with E-state index in [0.29, 0.717) is 11.7 Å². The summed E-state index contributed by atoms with van der Waals surface area (Å²) in [5.41, 5.74) is 8.65. The van der Waals surface area contributed by atoms with Crippen LogP contribution in [0.15, 0.2) is 18.6 Å². The van der Waals surface area contributed by atoms with Crippen LogP contribution in [0.1, 0.15) is 24.3 Å². The van der Waals surface area contributed by atoms with Gasteiger partial charge in [-0.25, -0.2) is 9.97 Å². The third kappa shape index (κ3) is 1.04. The average Bonchev–Trinajstić information content (AvgIpc) is 3.01. The van der Waals surface area contributed by atoms with E-state index in [2.05, 4.69) is 15.0 Å². The fourth-order valence-corrected chi connectivity index (χ4v) is 1.73. The first-order valence-electron chi connectivity index (χ1n) is 4.71. The normalized spacial score (nSPS) is 16.0. The molecule has 4 heteroatoms. The van der Waals surface area contributed by atoms with E-state index in [9.17, 15) is 0 Å². The van der Waals surface area contributed by atoms with Crippen LogP contribution in [0.25, 0.3) is 11.0 Å². The molecule has 0 atom stereocenters. The molecule has 2 heterocycles. The zero-order chi connectivity index (χ0) is 9.54. The summed E-state index contributed by atoms with van der Waals surface area (Å²) >= 11 is 0. The maximum atomic E-state index is 5.73. The molecule has 0 radical (unpaired) electrons. The monoisotopic (exact) mass is 186 g/mol. The molecule has 14 heavy (non-hydrogen) atoms. The van der Waals surface area contributed by atoms with Gasteiger partial charge in [0.1, 0.15) is 11.8 Å². The van der Waals surface area contributed by atoms with E-state index in [4.69, 9.17) is 5.73 Å². The maximum absolute atomic E-state index is 5.73. The highest BCUT2D eigenvalue weighted by molar-refractivity contribution is 5.86. The van der Waals surface area contributed by atoms with Gasteiger partial charge in [-0.15, -0.1) is 0 Å². The Labute approximate surface area is 81.2 Å². The molecule has 0 aliphatic heterocycles. The van der Waals surface area contributed by atoms with Gasteiger partial charge in [0.2, 0.25) is 0 Å². The van der Waals surface area contributed by atoms with E-state index < -0.39 is 0 Å². The molecular formula is C10H10N4. The van der Waals surface area contributed by atoms with Crippen molar-refractivity contribution < 1.29 is 0 Å². The standard InChI is InChI=1S/C10H10N4/c11-10-9-8(13-5-14-10)7(3-4-12-9)6-1-2-6/h3-6H,1-2H2,(H2,11,13,14). The second-order valence-electron chi connectivity index (χ2n) is 3.63. The molecular weight excluding hydrogens is 176 g/mol. The number of pyridine rings is 1. The first-order chi connectivity index (χ1) is 6.86. The summed E-state index contributed by atoms with van der Waals surface area (Å²) in [4.78, 5) is 12.4. The number of hydrogen-bond acceptors (Lipinski definition) is 4. The second-order valence-corrected chi connectivity index (χ2v) is 3.63. The number of hydrogen-bond donors (Lipinski definition) is 1. The highest BCUT2D eigenvalue weighted by atomic mass is 14.9. The highest BCUT2D eigenvalue weighted by Crippen LogP contribution is 2.42. The van der Waals surface area contributed by atoms with Gasteiger partial charge in [0, 0.05) is 6.20 Å². The number of nitrogen functional groups attached to an aromatic ring is 1. The molecule has 0 aromatic carbocycles. The van der Waals surface area contributed by atoms with Crippen LogP contribution < -0.4 is 5.73 Å². The third-order valence-electron chi connectivity index (χ3n) is 2.60. The van der Waals surface area contributed by atoms with E-state index in [1.54, 1.807) is 6.20 Å². The zero-order valence-electron chi connectivity index (χ0n) is 7.64. The Hall–Kier alpha value is -1.71. The lowest BCUT2D eigenvalue weighted by molar-refractivity contribution is 1.10. The second kappa shape index (κ2) is 2.64. The summed E-state index contributed by atoms with van der Waals surface area (Å²) in [7, 11) is 0. The van der Waals surface area contributed by atoms with Crippen molar-refractivity contribution in [2.24, 2.45) is 0 Å². The quantitative estimate of drug-likeness (QED) is 0.732. The van der Waals surface area contributed by atoms with Gasteiger partial charge in [0.15, 0.2) is 5.82 Å². The third-order valence-corrected chi connectivity index (χ3v) is 2.60. The van der Waals surface area contributed by atoms with Crippen LogP contribution in [-0.2, 0) is 0 Å². The van der Waals surface area contributed by atoms with E-state index in [0.717, 1.165) is 11.0 Å². The predicted molar refractivity (Wildman–Crippen MR) is 53.7 cm³/mol. The SMILES string of the molecule is Nc1ncnc2c(C3CC3)ccnc12. The minimum atomic E-state index is 0.470. The molecule has 2 N–H and O–H groups in total. The topological polar surface area (TPSA) is 64.7 Å². The predicted octanol–water partition coefficient (Wildman–Crippen LogP) is 1.48. The molecule has 2 aromatic heterocycles. The van der Waals surface area contributed by atoms with Gasteiger partial charge in [-0.3, -0.25) is 4.98 Å². The van der Waals surface area contributed by atoms with E-state index >= 15 is 0 Å². The highest BCUT2D eigenvalue weighted by Gasteiger charge is 2.26. The van der Waals surface area contributed by atoms with Crippen LogP contribution in [0.2, 0.25) is 0 Å². The fraction of sp³-hybridized carbons (Fsp3) is 0.300. The molecule has 0 unspecified atom stereocenters. The van der Waals surface area contributed by atoms with E-state index in [1.165, 1.54) is 24.7 Å². The van der Waals surface area contributed by atoms with Gasteiger partial charge in [-0.05, 0) is 30.4 Å². The molecule has 70 valence electrons. The molecule has 0 bridgehead atoms. The van der Waals surface area contributed by atoms with Gasteiger partial charge in [-0.1, -0.05) is 0 Å². The van der Waals surface area contributed by atoms with Gasteiger partial charge in [0.05, 0.1) is 5.52 Å². The van der Waals surface area contributed by atoms with Crippen molar-refractivity contribution in [3.05, 3.63) is 24.2 Å². The van der Waals surface area contributed by atoms with Gasteiger partial charge < -0.3 is 5.73 Å². The number of nitrogens with zero attached hydrogens (tertiary/aromatic N) is 3. The Balaban J connectivity index is 2.35. The smallest absolute Gasteiger partial charge is 0.153 e. The van der Waals surface area contributed by atoms with Gasteiger partial charge >= 0.3 is 0 Å². The average molecular weight is 186 g/mol. The Bertz CT molecular complexity index is 490. The summed E-state index contributed by atoms with van der Waals surface area (Å²) in [6.07, 6.45) is 5.80. The van der Waals surface area contributed by atoms with Crippen molar-refractivity contribution >= 4 is 16.9 Å². The summed E-state index contributed by atoms with van der Waals surface area (Å²) in [5, 5.41) is 0. The molecule has 3 rings (SSSR count).